The van der Waals surface area contributed by atoms with Crippen LogP contribution in [0.5, 0.6) is 0 Å². The number of anilines is 1. The second-order valence-corrected chi connectivity index (χ2v) is 4.90. The zero-order chi connectivity index (χ0) is 16.0. The molecule has 0 unspecified atom stereocenters. The Balaban J connectivity index is 2.78. The van der Waals surface area contributed by atoms with Crippen LogP contribution in [-0.4, -0.2) is 42.1 Å². The van der Waals surface area contributed by atoms with Crippen LogP contribution in [0.1, 0.15) is 35.8 Å². The molecule has 0 fully saturated rings. The number of nitrogens with one attached hydrogen (secondary N) is 1. The number of rotatable bonds is 6. The molecule has 1 heterocycles. The van der Waals surface area contributed by atoms with Crippen molar-refractivity contribution in [2.45, 2.75) is 32.9 Å². The maximum atomic E-state index is 12.2. The average molecular weight is 303 g/mol. The van der Waals surface area contributed by atoms with Gasteiger partial charge in [0.2, 0.25) is 0 Å². The number of nitrogens with zero attached hydrogens (tertiary/aromatic N) is 2. The molecule has 0 spiro atoms. The number of carbonyl (C=O) groups is 1. The van der Waals surface area contributed by atoms with Gasteiger partial charge in [0.15, 0.2) is 0 Å². The van der Waals surface area contributed by atoms with E-state index in [0.29, 0.717) is 23.6 Å². The largest absolute Gasteiger partial charge is 0.390 e. The minimum atomic E-state index is -4.27. The van der Waals surface area contributed by atoms with E-state index in [0.717, 1.165) is 11.3 Å². The van der Waals surface area contributed by atoms with Crippen molar-refractivity contribution in [2.24, 2.45) is 0 Å². The van der Waals surface area contributed by atoms with Gasteiger partial charge in [-0.05, 0) is 25.5 Å². The Kier molecular flexibility index (Phi) is 5.99. The average Bonchev–Trinajstić information content (AvgIpc) is 2.40. The molecule has 0 saturated heterocycles. The molecule has 1 amide bonds. The van der Waals surface area contributed by atoms with Crippen molar-refractivity contribution in [1.29, 1.82) is 0 Å². The lowest BCUT2D eigenvalue weighted by molar-refractivity contribution is -0.136. The summed E-state index contributed by atoms with van der Waals surface area (Å²) < 4.78 is 36.6. The third-order valence-electron chi connectivity index (χ3n) is 2.83. The molecule has 1 rings (SSSR count). The third-order valence-corrected chi connectivity index (χ3v) is 2.83. The van der Waals surface area contributed by atoms with E-state index in [-0.39, 0.29) is 6.54 Å². The van der Waals surface area contributed by atoms with Gasteiger partial charge >= 0.3 is 6.18 Å². The summed E-state index contributed by atoms with van der Waals surface area (Å²) in [5.41, 5.74) is 0.981. The summed E-state index contributed by atoms with van der Waals surface area (Å²) >= 11 is 0. The molecule has 0 saturated carbocycles. The molecular formula is C14H20F3N3O. The molecule has 0 bridgehead atoms. The van der Waals surface area contributed by atoms with E-state index in [1.807, 2.05) is 6.92 Å². The van der Waals surface area contributed by atoms with Crippen LogP contribution in [0.4, 0.5) is 19.0 Å². The van der Waals surface area contributed by atoms with Crippen molar-refractivity contribution in [3.8, 4) is 0 Å². The molecule has 0 aliphatic heterocycles. The molecule has 7 heteroatoms. The quantitative estimate of drug-likeness (QED) is 0.877. The maximum absolute atomic E-state index is 12.2. The molecule has 1 aromatic heterocycles. The van der Waals surface area contributed by atoms with Crippen LogP contribution in [-0.2, 0) is 0 Å². The number of amides is 1. The molecule has 1 N–H and O–H groups in total. The molecule has 118 valence electrons. The highest BCUT2D eigenvalue weighted by atomic mass is 19.4. The summed E-state index contributed by atoms with van der Waals surface area (Å²) in [5.74, 6) is 0.119. The second kappa shape index (κ2) is 7.28. The maximum Gasteiger partial charge on any atom is 0.390 e. The summed E-state index contributed by atoms with van der Waals surface area (Å²) in [5, 5.41) is 3.06. The molecule has 4 nitrogen and oxygen atoms in total. The molecule has 0 aliphatic rings. The van der Waals surface area contributed by atoms with Crippen LogP contribution in [0.3, 0.4) is 0 Å². The number of carbonyl (C=O) groups excluding carboxylic acids is 1. The van der Waals surface area contributed by atoms with Crippen molar-refractivity contribution in [2.75, 3.05) is 25.5 Å². The Morgan fingerprint density at radius 2 is 2.05 bits per heavy atom. The number of aryl methyl sites for hydroxylation is 1. The van der Waals surface area contributed by atoms with Gasteiger partial charge in [0.05, 0.1) is 6.42 Å². The topological polar surface area (TPSA) is 45.2 Å². The first-order chi connectivity index (χ1) is 9.73. The van der Waals surface area contributed by atoms with Gasteiger partial charge in [0, 0.05) is 31.4 Å². The Morgan fingerprint density at radius 3 is 2.62 bits per heavy atom. The molecular weight excluding hydrogens is 283 g/mol. The van der Waals surface area contributed by atoms with E-state index in [2.05, 4.69) is 10.3 Å². The highest BCUT2D eigenvalue weighted by molar-refractivity contribution is 5.94. The number of hydrogen-bond donors (Lipinski definition) is 1. The molecule has 0 atom stereocenters. The van der Waals surface area contributed by atoms with Gasteiger partial charge < -0.3 is 10.2 Å². The van der Waals surface area contributed by atoms with Crippen LogP contribution in [0.15, 0.2) is 12.1 Å². The van der Waals surface area contributed by atoms with Gasteiger partial charge in [0.1, 0.15) is 5.82 Å². The van der Waals surface area contributed by atoms with E-state index in [1.54, 1.807) is 19.1 Å². The van der Waals surface area contributed by atoms with E-state index in [1.165, 1.54) is 7.05 Å². The number of alkyl halides is 3. The van der Waals surface area contributed by atoms with E-state index in [4.69, 9.17) is 0 Å². The predicted octanol–water partition coefficient (Wildman–Crippen LogP) is 3.24. The first-order valence-electron chi connectivity index (χ1n) is 6.77. The number of halogens is 3. The highest BCUT2D eigenvalue weighted by Crippen LogP contribution is 2.20. The third kappa shape index (κ3) is 6.01. The number of pyridine rings is 1. The SMILES string of the molecule is CCCNc1cc(C(=O)N(C)CCC(F)(F)F)cc(C)n1. The van der Waals surface area contributed by atoms with Crippen LogP contribution in [0.2, 0.25) is 0 Å². The van der Waals surface area contributed by atoms with Crippen LogP contribution >= 0.6 is 0 Å². The normalized spacial score (nSPS) is 11.3. The monoisotopic (exact) mass is 303 g/mol. The van der Waals surface area contributed by atoms with Crippen LogP contribution in [0, 0.1) is 6.92 Å². The molecule has 0 aliphatic carbocycles. The fourth-order valence-electron chi connectivity index (χ4n) is 1.75. The molecule has 0 aromatic carbocycles. The number of aromatic nitrogens is 1. The lowest BCUT2D eigenvalue weighted by atomic mass is 10.2. The van der Waals surface area contributed by atoms with Crippen LogP contribution in [0.25, 0.3) is 0 Å². The van der Waals surface area contributed by atoms with Gasteiger partial charge in [-0.2, -0.15) is 13.2 Å². The molecule has 1 aromatic rings. The summed E-state index contributed by atoms with van der Waals surface area (Å²) in [6, 6.07) is 3.14. The Labute approximate surface area is 122 Å². The second-order valence-electron chi connectivity index (χ2n) is 4.90. The first-order valence-corrected chi connectivity index (χ1v) is 6.77. The Morgan fingerprint density at radius 1 is 1.38 bits per heavy atom. The van der Waals surface area contributed by atoms with E-state index < -0.39 is 18.5 Å². The minimum Gasteiger partial charge on any atom is -0.370 e. The lowest BCUT2D eigenvalue weighted by Gasteiger charge is -2.19. The van der Waals surface area contributed by atoms with Gasteiger partial charge in [-0.3, -0.25) is 4.79 Å². The fraction of sp³-hybridized carbons (Fsp3) is 0.571. The predicted molar refractivity (Wildman–Crippen MR) is 75.4 cm³/mol. The standard InChI is InChI=1S/C14H20F3N3O/c1-4-6-18-12-9-11(8-10(2)19-12)13(21)20(3)7-5-14(15,16)17/h8-9H,4-7H2,1-3H3,(H,18,19). The van der Waals surface area contributed by atoms with Crippen LogP contribution < -0.4 is 5.32 Å². The van der Waals surface area contributed by atoms with Gasteiger partial charge in [-0.15, -0.1) is 0 Å². The van der Waals surface area contributed by atoms with Crippen molar-refractivity contribution in [1.82, 2.24) is 9.88 Å². The van der Waals surface area contributed by atoms with Crippen molar-refractivity contribution in [3.05, 3.63) is 23.4 Å². The van der Waals surface area contributed by atoms with Gasteiger partial charge in [-0.25, -0.2) is 4.98 Å². The minimum absolute atomic E-state index is 0.339. The number of hydrogen-bond acceptors (Lipinski definition) is 3. The Bertz CT molecular complexity index is 489. The summed E-state index contributed by atoms with van der Waals surface area (Å²) in [4.78, 5) is 17.5. The fourth-order valence-corrected chi connectivity index (χ4v) is 1.75. The van der Waals surface area contributed by atoms with Crippen molar-refractivity contribution in [3.63, 3.8) is 0 Å². The zero-order valence-electron chi connectivity index (χ0n) is 12.4. The highest BCUT2D eigenvalue weighted by Gasteiger charge is 2.28. The van der Waals surface area contributed by atoms with Gasteiger partial charge in [0.25, 0.3) is 5.91 Å². The van der Waals surface area contributed by atoms with Crippen molar-refractivity contribution < 1.29 is 18.0 Å². The van der Waals surface area contributed by atoms with Crippen molar-refractivity contribution >= 4 is 11.7 Å². The zero-order valence-corrected chi connectivity index (χ0v) is 12.4. The lowest BCUT2D eigenvalue weighted by Crippen LogP contribution is -2.30. The van der Waals surface area contributed by atoms with E-state index in [9.17, 15) is 18.0 Å². The molecule has 0 radical (unpaired) electrons. The Hall–Kier alpha value is -1.79. The van der Waals surface area contributed by atoms with E-state index >= 15 is 0 Å². The summed E-state index contributed by atoms with van der Waals surface area (Å²) in [6.45, 7) is 4.10. The van der Waals surface area contributed by atoms with Gasteiger partial charge in [-0.1, -0.05) is 6.92 Å². The smallest absolute Gasteiger partial charge is 0.370 e. The summed E-state index contributed by atoms with van der Waals surface area (Å²) in [6.07, 6.45) is -4.37. The first kappa shape index (κ1) is 17.3. The molecule has 21 heavy (non-hydrogen) atoms. The summed E-state index contributed by atoms with van der Waals surface area (Å²) in [7, 11) is 1.36.